The minimum atomic E-state index is 0.297. The molecule has 21 heavy (non-hydrogen) atoms. The second-order valence-electron chi connectivity index (χ2n) is 4.94. The molecule has 108 valence electrons. The van der Waals surface area contributed by atoms with Gasteiger partial charge in [-0.3, -0.25) is 0 Å². The fraction of sp³-hybridized carbons (Fsp3) is 0.188. The molecule has 3 rings (SSSR count). The maximum atomic E-state index is 5.67. The molecule has 1 aliphatic heterocycles. The fourth-order valence-electron chi connectivity index (χ4n) is 2.31. The van der Waals surface area contributed by atoms with Crippen LogP contribution in [0.1, 0.15) is 16.7 Å². The van der Waals surface area contributed by atoms with Crippen molar-refractivity contribution in [3.05, 3.63) is 53.1 Å². The molecule has 0 saturated heterocycles. The number of rotatable bonds is 4. The predicted molar refractivity (Wildman–Crippen MR) is 87.0 cm³/mol. The maximum absolute atomic E-state index is 5.67. The molecule has 0 aromatic heterocycles. The molecule has 2 aromatic rings. The molecule has 0 saturated carbocycles. The van der Waals surface area contributed by atoms with Crippen molar-refractivity contribution in [2.24, 2.45) is 5.73 Å². The Bertz CT molecular complexity index is 701. The Morgan fingerprint density at radius 1 is 1.19 bits per heavy atom. The van der Waals surface area contributed by atoms with Gasteiger partial charge in [-0.1, -0.05) is 18.3 Å². The molecule has 0 spiro atoms. The highest BCUT2D eigenvalue weighted by Crippen LogP contribution is 2.32. The summed E-state index contributed by atoms with van der Waals surface area (Å²) >= 11 is 5.01. The average molecular weight is 300 g/mol. The van der Waals surface area contributed by atoms with Crippen molar-refractivity contribution < 1.29 is 9.47 Å². The summed E-state index contributed by atoms with van der Waals surface area (Å²) in [6.45, 7) is 3.01. The number of hydrogen-bond donors (Lipinski definition) is 2. The lowest BCUT2D eigenvalue weighted by atomic mass is 10.1. The lowest BCUT2D eigenvalue weighted by Gasteiger charge is -2.10. The van der Waals surface area contributed by atoms with Gasteiger partial charge in [0.25, 0.3) is 0 Å². The first-order valence-corrected chi connectivity index (χ1v) is 7.07. The summed E-state index contributed by atoms with van der Waals surface area (Å²) in [6, 6.07) is 11.9. The summed E-state index contributed by atoms with van der Waals surface area (Å²) in [5.41, 5.74) is 9.82. The molecule has 1 heterocycles. The number of nitrogens with two attached hydrogens (primary N) is 1. The molecule has 0 radical (unpaired) electrons. The molecule has 0 aliphatic carbocycles. The van der Waals surface area contributed by atoms with E-state index >= 15 is 0 Å². The van der Waals surface area contributed by atoms with E-state index in [4.69, 9.17) is 27.4 Å². The van der Waals surface area contributed by atoms with Gasteiger partial charge in [-0.25, -0.2) is 0 Å². The van der Waals surface area contributed by atoms with Gasteiger partial charge in [0.2, 0.25) is 6.79 Å². The standard InChI is InChI=1S/C16H16N2O2S/c1-10-6-12(3-4-13(10)16(17)21)18-8-11-2-5-14-15(7-11)20-9-19-14/h2-7,18H,8-9H2,1H3,(H2,17,21). The van der Waals surface area contributed by atoms with Gasteiger partial charge in [0, 0.05) is 17.8 Å². The number of ether oxygens (including phenoxy) is 2. The van der Waals surface area contributed by atoms with E-state index in [1.165, 1.54) is 0 Å². The zero-order valence-corrected chi connectivity index (χ0v) is 12.5. The van der Waals surface area contributed by atoms with Gasteiger partial charge in [0.1, 0.15) is 4.99 Å². The quantitative estimate of drug-likeness (QED) is 0.850. The summed E-state index contributed by atoms with van der Waals surface area (Å²) in [6.07, 6.45) is 0. The van der Waals surface area contributed by atoms with Crippen LogP contribution in [0.15, 0.2) is 36.4 Å². The molecule has 4 nitrogen and oxygen atoms in total. The van der Waals surface area contributed by atoms with Crippen LogP contribution in [0.2, 0.25) is 0 Å². The van der Waals surface area contributed by atoms with Crippen LogP contribution < -0.4 is 20.5 Å². The Labute approximate surface area is 128 Å². The third kappa shape index (κ3) is 2.92. The smallest absolute Gasteiger partial charge is 0.231 e. The van der Waals surface area contributed by atoms with E-state index in [1.54, 1.807) is 0 Å². The molecule has 5 heteroatoms. The minimum absolute atomic E-state index is 0.297. The van der Waals surface area contributed by atoms with Crippen LogP contribution in [0.5, 0.6) is 11.5 Å². The van der Waals surface area contributed by atoms with Crippen molar-refractivity contribution in [3.8, 4) is 11.5 Å². The minimum Gasteiger partial charge on any atom is -0.454 e. The molecule has 0 fully saturated rings. The highest BCUT2D eigenvalue weighted by Gasteiger charge is 2.13. The first kappa shape index (κ1) is 13.7. The van der Waals surface area contributed by atoms with Gasteiger partial charge in [0.15, 0.2) is 11.5 Å². The van der Waals surface area contributed by atoms with Crippen LogP contribution >= 0.6 is 12.2 Å². The third-order valence-corrected chi connectivity index (χ3v) is 3.65. The Hall–Kier alpha value is -2.27. The van der Waals surface area contributed by atoms with Crippen LogP contribution in [0, 0.1) is 6.92 Å². The highest BCUT2D eigenvalue weighted by atomic mass is 32.1. The SMILES string of the molecule is Cc1cc(NCc2ccc3c(c2)OCO3)ccc1C(N)=S. The van der Waals surface area contributed by atoms with Crippen LogP contribution in [0.25, 0.3) is 0 Å². The Balaban J connectivity index is 1.70. The Kier molecular flexibility index (Phi) is 3.66. The second kappa shape index (κ2) is 5.61. The number of benzene rings is 2. The molecular weight excluding hydrogens is 284 g/mol. The summed E-state index contributed by atoms with van der Waals surface area (Å²) in [7, 11) is 0. The summed E-state index contributed by atoms with van der Waals surface area (Å²) < 4.78 is 10.7. The summed E-state index contributed by atoms with van der Waals surface area (Å²) in [5, 5.41) is 3.38. The number of anilines is 1. The predicted octanol–water partition coefficient (Wildman–Crippen LogP) is 2.97. The van der Waals surface area contributed by atoms with Gasteiger partial charge in [-0.2, -0.15) is 0 Å². The number of fused-ring (bicyclic) bond motifs is 1. The lowest BCUT2D eigenvalue weighted by Crippen LogP contribution is -2.11. The molecule has 1 aliphatic rings. The van der Waals surface area contributed by atoms with Crippen molar-refractivity contribution in [1.82, 2.24) is 0 Å². The summed E-state index contributed by atoms with van der Waals surface area (Å²) in [5.74, 6) is 1.60. The molecule has 0 unspecified atom stereocenters. The molecule has 3 N–H and O–H groups in total. The van der Waals surface area contributed by atoms with E-state index in [0.717, 1.165) is 33.9 Å². The molecular formula is C16H16N2O2S. The number of aryl methyl sites for hydroxylation is 1. The molecule has 0 bridgehead atoms. The molecule has 0 atom stereocenters. The van der Waals surface area contributed by atoms with Gasteiger partial charge in [-0.15, -0.1) is 0 Å². The van der Waals surface area contributed by atoms with Gasteiger partial charge in [-0.05, 0) is 48.4 Å². The first-order chi connectivity index (χ1) is 10.1. The van der Waals surface area contributed by atoms with Crippen LogP contribution in [-0.4, -0.2) is 11.8 Å². The third-order valence-electron chi connectivity index (χ3n) is 3.43. The van der Waals surface area contributed by atoms with Gasteiger partial charge < -0.3 is 20.5 Å². The zero-order valence-electron chi connectivity index (χ0n) is 11.7. The van der Waals surface area contributed by atoms with E-state index in [9.17, 15) is 0 Å². The van der Waals surface area contributed by atoms with Crippen molar-refractivity contribution in [2.75, 3.05) is 12.1 Å². The fourth-order valence-corrected chi connectivity index (χ4v) is 2.53. The van der Waals surface area contributed by atoms with E-state index in [0.29, 0.717) is 18.3 Å². The average Bonchev–Trinajstić information content (AvgIpc) is 2.92. The largest absolute Gasteiger partial charge is 0.454 e. The zero-order chi connectivity index (χ0) is 14.8. The normalized spacial score (nSPS) is 12.2. The first-order valence-electron chi connectivity index (χ1n) is 6.66. The van der Waals surface area contributed by atoms with Crippen molar-refractivity contribution in [1.29, 1.82) is 0 Å². The Morgan fingerprint density at radius 2 is 2.00 bits per heavy atom. The van der Waals surface area contributed by atoms with Crippen molar-refractivity contribution >= 4 is 22.9 Å². The molecule has 0 amide bonds. The number of hydrogen-bond acceptors (Lipinski definition) is 4. The van der Waals surface area contributed by atoms with E-state index in [2.05, 4.69) is 5.32 Å². The second-order valence-corrected chi connectivity index (χ2v) is 5.37. The van der Waals surface area contributed by atoms with Crippen LogP contribution in [-0.2, 0) is 6.54 Å². The van der Waals surface area contributed by atoms with Crippen LogP contribution in [0.4, 0.5) is 5.69 Å². The van der Waals surface area contributed by atoms with Crippen molar-refractivity contribution in [2.45, 2.75) is 13.5 Å². The maximum Gasteiger partial charge on any atom is 0.231 e. The Morgan fingerprint density at radius 3 is 2.76 bits per heavy atom. The number of thiocarbonyl (C=S) groups is 1. The number of nitrogens with one attached hydrogen (secondary N) is 1. The summed E-state index contributed by atoms with van der Waals surface area (Å²) in [4.78, 5) is 0.426. The van der Waals surface area contributed by atoms with Gasteiger partial charge >= 0.3 is 0 Å². The van der Waals surface area contributed by atoms with Gasteiger partial charge in [0.05, 0.1) is 0 Å². The lowest BCUT2D eigenvalue weighted by molar-refractivity contribution is 0.174. The van der Waals surface area contributed by atoms with Crippen molar-refractivity contribution in [3.63, 3.8) is 0 Å². The van der Waals surface area contributed by atoms with Crippen LogP contribution in [0.3, 0.4) is 0 Å². The molecule has 2 aromatic carbocycles. The highest BCUT2D eigenvalue weighted by molar-refractivity contribution is 7.80. The topological polar surface area (TPSA) is 56.5 Å². The van der Waals surface area contributed by atoms with E-state index < -0.39 is 0 Å². The van der Waals surface area contributed by atoms with E-state index in [-0.39, 0.29) is 0 Å². The van der Waals surface area contributed by atoms with E-state index in [1.807, 2.05) is 43.3 Å². The monoisotopic (exact) mass is 300 g/mol.